The van der Waals surface area contributed by atoms with Crippen molar-refractivity contribution in [3.05, 3.63) is 35.0 Å². The molecule has 0 spiro atoms. The van der Waals surface area contributed by atoms with Crippen molar-refractivity contribution in [3.63, 3.8) is 0 Å². The number of benzene rings is 1. The first-order valence-corrected chi connectivity index (χ1v) is 7.49. The molecule has 1 aromatic heterocycles. The maximum Gasteiger partial charge on any atom is 0.150 e. The van der Waals surface area contributed by atoms with Crippen LogP contribution in [0.25, 0.3) is 10.9 Å². The van der Waals surface area contributed by atoms with Crippen molar-refractivity contribution in [2.45, 2.75) is 25.5 Å². The van der Waals surface area contributed by atoms with E-state index in [0.717, 1.165) is 22.2 Å². The van der Waals surface area contributed by atoms with Crippen molar-refractivity contribution in [3.8, 4) is 5.75 Å². The van der Waals surface area contributed by atoms with Crippen molar-refractivity contribution in [1.29, 1.82) is 0 Å². The molecule has 2 aromatic rings. The van der Waals surface area contributed by atoms with Gasteiger partial charge in [-0.05, 0) is 32.0 Å². The summed E-state index contributed by atoms with van der Waals surface area (Å²) in [4.78, 5) is 10.5. The van der Waals surface area contributed by atoms with Crippen molar-refractivity contribution < 1.29 is 9.57 Å². The molecule has 4 nitrogen and oxygen atoms in total. The number of ether oxygens (including phenoxy) is 1. The third-order valence-electron chi connectivity index (χ3n) is 4.60. The van der Waals surface area contributed by atoms with Crippen molar-refractivity contribution in [2.75, 3.05) is 13.7 Å². The van der Waals surface area contributed by atoms with Crippen LogP contribution >= 0.6 is 11.6 Å². The van der Waals surface area contributed by atoms with Gasteiger partial charge < -0.3 is 4.74 Å². The largest absolute Gasteiger partial charge is 0.490 e. The Morgan fingerprint density at radius 1 is 1.43 bits per heavy atom. The second kappa shape index (κ2) is 4.32. The zero-order valence-corrected chi connectivity index (χ0v) is 13.0. The van der Waals surface area contributed by atoms with Crippen LogP contribution in [0.3, 0.4) is 0 Å². The van der Waals surface area contributed by atoms with Gasteiger partial charge in [-0.3, -0.25) is 9.82 Å². The molecule has 4 rings (SSSR count). The Kier molecular flexibility index (Phi) is 2.74. The zero-order chi connectivity index (χ0) is 14.8. The molecule has 5 heteroatoms. The van der Waals surface area contributed by atoms with E-state index in [1.165, 1.54) is 0 Å². The van der Waals surface area contributed by atoms with Crippen LogP contribution in [0.15, 0.2) is 24.4 Å². The van der Waals surface area contributed by atoms with Gasteiger partial charge in [0.2, 0.25) is 0 Å². The van der Waals surface area contributed by atoms with Crippen LogP contribution in [0.2, 0.25) is 5.02 Å². The lowest BCUT2D eigenvalue weighted by atomic mass is 9.81. The number of rotatable bonds is 0. The van der Waals surface area contributed by atoms with Gasteiger partial charge >= 0.3 is 0 Å². The van der Waals surface area contributed by atoms with Crippen LogP contribution in [0.5, 0.6) is 5.75 Å². The smallest absolute Gasteiger partial charge is 0.150 e. The Morgan fingerprint density at radius 2 is 2.24 bits per heavy atom. The lowest BCUT2D eigenvalue weighted by Gasteiger charge is -2.33. The molecule has 21 heavy (non-hydrogen) atoms. The Balaban J connectivity index is 1.96. The van der Waals surface area contributed by atoms with Gasteiger partial charge in [-0.2, -0.15) is 5.06 Å². The number of halogens is 1. The van der Waals surface area contributed by atoms with Crippen molar-refractivity contribution in [1.82, 2.24) is 10.0 Å². The molecule has 1 fully saturated rings. The summed E-state index contributed by atoms with van der Waals surface area (Å²) < 4.78 is 6.06. The number of hydrogen-bond acceptors (Lipinski definition) is 4. The molecule has 2 atom stereocenters. The first kappa shape index (κ1) is 13.3. The van der Waals surface area contributed by atoms with Crippen LogP contribution in [-0.4, -0.2) is 29.3 Å². The molecular weight excluding hydrogens is 288 g/mol. The summed E-state index contributed by atoms with van der Waals surface area (Å²) in [6.07, 6.45) is 1.77. The standard InChI is InChI=1S/C16H17ClN2O2/c1-16(2)11-8-20-15-10(14(11)19(3)21-16)7-12(17)9-5-4-6-18-13(9)15/h4-7,11,14H,8H2,1-3H3/t11-,14+/m0/s1. The van der Waals surface area contributed by atoms with Gasteiger partial charge in [-0.15, -0.1) is 0 Å². The maximum absolute atomic E-state index is 6.45. The maximum atomic E-state index is 6.45. The number of nitrogens with zero attached hydrogens (tertiary/aromatic N) is 2. The van der Waals surface area contributed by atoms with E-state index in [4.69, 9.17) is 21.2 Å². The van der Waals surface area contributed by atoms with Gasteiger partial charge in [0.25, 0.3) is 0 Å². The van der Waals surface area contributed by atoms with E-state index in [1.54, 1.807) is 6.20 Å². The van der Waals surface area contributed by atoms with Gasteiger partial charge in [-0.1, -0.05) is 11.6 Å². The summed E-state index contributed by atoms with van der Waals surface area (Å²) in [6, 6.07) is 6.01. The van der Waals surface area contributed by atoms with Crippen LogP contribution in [0.4, 0.5) is 0 Å². The van der Waals surface area contributed by atoms with Gasteiger partial charge in [-0.25, -0.2) is 0 Å². The predicted molar refractivity (Wildman–Crippen MR) is 81.4 cm³/mol. The number of aromatic nitrogens is 1. The third kappa shape index (κ3) is 1.79. The van der Waals surface area contributed by atoms with Crippen LogP contribution in [0, 0.1) is 5.92 Å². The molecule has 0 unspecified atom stereocenters. The minimum Gasteiger partial charge on any atom is -0.490 e. The summed E-state index contributed by atoms with van der Waals surface area (Å²) in [5.41, 5.74) is 1.65. The Hall–Kier alpha value is -1.36. The lowest BCUT2D eigenvalue weighted by molar-refractivity contribution is -0.179. The topological polar surface area (TPSA) is 34.6 Å². The highest BCUT2D eigenvalue weighted by Gasteiger charge is 2.51. The molecule has 1 saturated heterocycles. The molecule has 2 aliphatic heterocycles. The van der Waals surface area contributed by atoms with Gasteiger partial charge in [0.1, 0.15) is 5.52 Å². The van der Waals surface area contributed by atoms with Gasteiger partial charge in [0.15, 0.2) is 5.75 Å². The molecular formula is C16H17ClN2O2. The fourth-order valence-corrected chi connectivity index (χ4v) is 3.84. The number of fused-ring (bicyclic) bond motifs is 5. The minimum atomic E-state index is -0.247. The molecule has 110 valence electrons. The van der Waals surface area contributed by atoms with Gasteiger partial charge in [0.05, 0.1) is 23.3 Å². The van der Waals surface area contributed by atoms with Crippen LogP contribution < -0.4 is 4.74 Å². The second-order valence-electron chi connectivity index (χ2n) is 6.28. The fraction of sp³-hybridized carbons (Fsp3) is 0.438. The Bertz CT molecular complexity index is 732. The normalized spacial score (nSPS) is 27.2. The summed E-state index contributed by atoms with van der Waals surface area (Å²) in [6.45, 7) is 4.83. The van der Waals surface area contributed by atoms with E-state index in [1.807, 2.05) is 30.3 Å². The second-order valence-corrected chi connectivity index (χ2v) is 6.69. The highest BCUT2D eigenvalue weighted by atomic mass is 35.5. The summed E-state index contributed by atoms with van der Waals surface area (Å²) in [5.74, 6) is 1.11. The first-order valence-electron chi connectivity index (χ1n) is 7.11. The van der Waals surface area contributed by atoms with Crippen molar-refractivity contribution >= 4 is 22.5 Å². The van der Waals surface area contributed by atoms with Crippen LogP contribution in [0.1, 0.15) is 25.5 Å². The average molecular weight is 305 g/mol. The first-order chi connectivity index (χ1) is 9.99. The van der Waals surface area contributed by atoms with E-state index in [2.05, 4.69) is 18.8 Å². The molecule has 0 N–H and O–H groups in total. The number of hydrogen-bond donors (Lipinski definition) is 0. The number of pyridine rings is 1. The molecule has 0 amide bonds. The van der Waals surface area contributed by atoms with E-state index < -0.39 is 0 Å². The molecule has 2 aliphatic rings. The third-order valence-corrected chi connectivity index (χ3v) is 4.91. The monoisotopic (exact) mass is 304 g/mol. The zero-order valence-electron chi connectivity index (χ0n) is 12.3. The SMILES string of the molecule is CN1OC(C)(C)[C@H]2COc3c(cc(Cl)c4cccnc34)[C@H]21. The van der Waals surface area contributed by atoms with E-state index in [9.17, 15) is 0 Å². The summed E-state index contributed by atoms with van der Waals surface area (Å²) in [5, 5.41) is 3.56. The highest BCUT2D eigenvalue weighted by molar-refractivity contribution is 6.35. The minimum absolute atomic E-state index is 0.146. The van der Waals surface area contributed by atoms with E-state index >= 15 is 0 Å². The summed E-state index contributed by atoms with van der Waals surface area (Å²) in [7, 11) is 1.97. The fourth-order valence-electron chi connectivity index (χ4n) is 3.57. The lowest BCUT2D eigenvalue weighted by Crippen LogP contribution is -2.36. The van der Waals surface area contributed by atoms with Gasteiger partial charge in [0, 0.05) is 30.1 Å². The molecule has 0 saturated carbocycles. The number of hydroxylamine groups is 2. The molecule has 0 aliphatic carbocycles. The van der Waals surface area contributed by atoms with E-state index in [0.29, 0.717) is 11.6 Å². The summed E-state index contributed by atoms with van der Waals surface area (Å²) >= 11 is 6.45. The molecule has 0 radical (unpaired) electrons. The average Bonchev–Trinajstić information content (AvgIpc) is 2.69. The van der Waals surface area contributed by atoms with Crippen LogP contribution in [-0.2, 0) is 4.84 Å². The molecule has 0 bridgehead atoms. The Labute approximate surface area is 128 Å². The molecule has 3 heterocycles. The quantitative estimate of drug-likeness (QED) is 0.745. The van der Waals surface area contributed by atoms with Crippen molar-refractivity contribution in [2.24, 2.45) is 5.92 Å². The predicted octanol–water partition coefficient (Wildman–Crippen LogP) is 3.59. The Morgan fingerprint density at radius 3 is 3.05 bits per heavy atom. The highest BCUT2D eigenvalue weighted by Crippen LogP contribution is 2.52. The van der Waals surface area contributed by atoms with E-state index in [-0.39, 0.29) is 17.6 Å². The molecule has 1 aromatic carbocycles.